The predicted octanol–water partition coefficient (Wildman–Crippen LogP) is 4.32. The fourth-order valence-electron chi connectivity index (χ4n) is 2.73. The van der Waals surface area contributed by atoms with Crippen molar-refractivity contribution in [3.8, 4) is 5.75 Å². The summed E-state index contributed by atoms with van der Waals surface area (Å²) in [6.45, 7) is 7.71. The number of hydrogen-bond acceptors (Lipinski definition) is 4. The Morgan fingerprint density at radius 1 is 1.04 bits per heavy atom. The van der Waals surface area contributed by atoms with Crippen molar-refractivity contribution in [2.45, 2.75) is 13.8 Å². The van der Waals surface area contributed by atoms with Gasteiger partial charge < -0.3 is 14.1 Å². The van der Waals surface area contributed by atoms with E-state index in [0.717, 1.165) is 19.6 Å². The van der Waals surface area contributed by atoms with Gasteiger partial charge in [-0.05, 0) is 37.4 Å². The van der Waals surface area contributed by atoms with Crippen molar-refractivity contribution in [1.82, 2.24) is 4.90 Å². The zero-order valence-electron chi connectivity index (χ0n) is 13.8. The van der Waals surface area contributed by atoms with E-state index in [-0.39, 0.29) is 5.43 Å². The van der Waals surface area contributed by atoms with Crippen molar-refractivity contribution in [3.05, 3.63) is 51.6 Å². The van der Waals surface area contributed by atoms with Crippen molar-refractivity contribution < 1.29 is 9.15 Å². The average molecular weight is 346 g/mol. The van der Waals surface area contributed by atoms with E-state index in [2.05, 4.69) is 18.7 Å². The lowest BCUT2D eigenvalue weighted by Crippen LogP contribution is -2.27. The van der Waals surface area contributed by atoms with Crippen molar-refractivity contribution in [2.24, 2.45) is 0 Å². The van der Waals surface area contributed by atoms with E-state index in [1.165, 1.54) is 0 Å². The van der Waals surface area contributed by atoms with Gasteiger partial charge in [0.1, 0.15) is 23.5 Å². The monoisotopic (exact) mass is 345 g/mol. The summed E-state index contributed by atoms with van der Waals surface area (Å²) in [5.41, 5.74) is 0.938. The molecule has 0 aliphatic carbocycles. The molecule has 2 aromatic carbocycles. The third kappa shape index (κ3) is 3.40. The first-order valence-electron chi connectivity index (χ1n) is 8.13. The first-order chi connectivity index (χ1) is 11.6. The molecule has 0 amide bonds. The minimum atomic E-state index is -0.0578. The normalized spacial score (nSPS) is 11.5. The summed E-state index contributed by atoms with van der Waals surface area (Å²) in [4.78, 5) is 14.8. The van der Waals surface area contributed by atoms with E-state index in [0.29, 0.717) is 39.3 Å². The van der Waals surface area contributed by atoms with E-state index < -0.39 is 0 Å². The lowest BCUT2D eigenvalue weighted by Gasteiger charge is -2.18. The summed E-state index contributed by atoms with van der Waals surface area (Å²) in [5, 5.41) is 1.61. The van der Waals surface area contributed by atoms with E-state index >= 15 is 0 Å². The number of rotatable bonds is 6. The van der Waals surface area contributed by atoms with E-state index in [9.17, 15) is 4.79 Å². The Bertz CT molecular complexity index is 916. The molecule has 126 valence electrons. The van der Waals surface area contributed by atoms with Gasteiger partial charge in [0.15, 0.2) is 0 Å². The maximum Gasteiger partial charge on any atom is 0.200 e. The van der Waals surface area contributed by atoms with Crippen LogP contribution in [0.3, 0.4) is 0 Å². The van der Waals surface area contributed by atoms with Crippen LogP contribution in [0.2, 0.25) is 5.02 Å². The summed E-state index contributed by atoms with van der Waals surface area (Å²) in [6, 6.07) is 10.4. The molecular weight excluding hydrogens is 326 g/mol. The second-order valence-corrected chi connectivity index (χ2v) is 6.04. The maximum atomic E-state index is 12.5. The number of hydrogen-bond donors (Lipinski definition) is 0. The summed E-state index contributed by atoms with van der Waals surface area (Å²) in [5.74, 6) is 0.694. The second kappa shape index (κ2) is 7.24. The SMILES string of the molecule is CCN(CC)CCOc1ccc2c(=O)c3ccc(Cl)cc3oc2c1. The van der Waals surface area contributed by atoms with Gasteiger partial charge in [0.25, 0.3) is 0 Å². The van der Waals surface area contributed by atoms with E-state index in [1.54, 1.807) is 30.3 Å². The van der Waals surface area contributed by atoms with Crippen molar-refractivity contribution in [1.29, 1.82) is 0 Å². The van der Waals surface area contributed by atoms with Crippen molar-refractivity contribution >= 4 is 33.5 Å². The predicted molar refractivity (Wildman–Crippen MR) is 98.3 cm³/mol. The third-order valence-electron chi connectivity index (χ3n) is 4.18. The van der Waals surface area contributed by atoms with Gasteiger partial charge in [-0.15, -0.1) is 0 Å². The number of likely N-dealkylation sites (N-methyl/N-ethyl adjacent to an activating group) is 1. The van der Waals surface area contributed by atoms with Crippen LogP contribution in [-0.2, 0) is 0 Å². The fraction of sp³-hybridized carbons (Fsp3) is 0.316. The molecule has 0 fully saturated rings. The molecule has 5 heteroatoms. The highest BCUT2D eigenvalue weighted by molar-refractivity contribution is 6.31. The Labute approximate surface area is 145 Å². The van der Waals surface area contributed by atoms with Gasteiger partial charge in [-0.1, -0.05) is 25.4 Å². The summed E-state index contributed by atoms with van der Waals surface area (Å²) in [6.07, 6.45) is 0. The number of halogens is 1. The zero-order chi connectivity index (χ0) is 17.1. The Kier molecular flexibility index (Phi) is 5.07. The van der Waals surface area contributed by atoms with Gasteiger partial charge >= 0.3 is 0 Å². The molecule has 0 radical (unpaired) electrons. The van der Waals surface area contributed by atoms with Crippen LogP contribution in [-0.4, -0.2) is 31.1 Å². The highest BCUT2D eigenvalue weighted by Gasteiger charge is 2.09. The lowest BCUT2D eigenvalue weighted by atomic mass is 10.1. The fourth-order valence-corrected chi connectivity index (χ4v) is 2.89. The zero-order valence-corrected chi connectivity index (χ0v) is 14.6. The maximum absolute atomic E-state index is 12.5. The second-order valence-electron chi connectivity index (χ2n) is 5.60. The molecule has 0 bridgehead atoms. The molecule has 1 heterocycles. The van der Waals surface area contributed by atoms with Crippen LogP contribution in [0.4, 0.5) is 0 Å². The Morgan fingerprint density at radius 3 is 2.42 bits per heavy atom. The van der Waals surface area contributed by atoms with Gasteiger partial charge in [-0.25, -0.2) is 0 Å². The topological polar surface area (TPSA) is 42.7 Å². The highest BCUT2D eigenvalue weighted by Crippen LogP contribution is 2.24. The highest BCUT2D eigenvalue weighted by atomic mass is 35.5. The Hall–Kier alpha value is -2.04. The molecule has 0 spiro atoms. The first-order valence-corrected chi connectivity index (χ1v) is 8.51. The van der Waals surface area contributed by atoms with Gasteiger partial charge in [0.2, 0.25) is 5.43 Å². The van der Waals surface area contributed by atoms with Crippen molar-refractivity contribution in [2.75, 3.05) is 26.2 Å². The van der Waals surface area contributed by atoms with Crippen LogP contribution in [0.15, 0.2) is 45.6 Å². The first kappa shape index (κ1) is 16.8. The van der Waals surface area contributed by atoms with Gasteiger partial charge in [-0.3, -0.25) is 4.79 Å². The Morgan fingerprint density at radius 2 is 1.71 bits per heavy atom. The number of fused-ring (bicyclic) bond motifs is 2. The molecule has 0 N–H and O–H groups in total. The molecule has 0 saturated carbocycles. The Balaban J connectivity index is 1.90. The molecule has 0 aliphatic rings. The summed E-state index contributed by atoms with van der Waals surface area (Å²) >= 11 is 5.99. The standard InChI is InChI=1S/C19H20ClNO3/c1-3-21(4-2)9-10-23-14-6-8-16-18(12-14)24-17-11-13(20)5-7-15(17)19(16)22/h5-8,11-12H,3-4,9-10H2,1-2H3. The molecule has 3 aromatic rings. The number of nitrogens with zero attached hydrogens (tertiary/aromatic N) is 1. The lowest BCUT2D eigenvalue weighted by molar-refractivity contribution is 0.223. The van der Waals surface area contributed by atoms with Crippen LogP contribution in [0.5, 0.6) is 5.75 Å². The number of ether oxygens (including phenoxy) is 1. The molecule has 24 heavy (non-hydrogen) atoms. The molecular formula is C19H20ClNO3. The smallest absolute Gasteiger partial charge is 0.200 e. The van der Waals surface area contributed by atoms with Crippen molar-refractivity contribution in [3.63, 3.8) is 0 Å². The molecule has 4 nitrogen and oxygen atoms in total. The number of benzene rings is 2. The van der Waals surface area contributed by atoms with E-state index in [1.807, 2.05) is 6.07 Å². The van der Waals surface area contributed by atoms with Crippen LogP contribution < -0.4 is 10.2 Å². The molecule has 1 aromatic heterocycles. The van der Waals surface area contributed by atoms with Crippen LogP contribution >= 0.6 is 11.6 Å². The molecule has 3 rings (SSSR count). The molecule has 0 atom stereocenters. The van der Waals surface area contributed by atoms with Gasteiger partial charge in [0.05, 0.1) is 10.8 Å². The van der Waals surface area contributed by atoms with Crippen LogP contribution in [0, 0.1) is 0 Å². The molecule has 0 aliphatic heterocycles. The van der Waals surface area contributed by atoms with Crippen LogP contribution in [0.25, 0.3) is 21.9 Å². The minimum Gasteiger partial charge on any atom is -0.492 e. The average Bonchev–Trinajstić information content (AvgIpc) is 2.58. The molecule has 0 unspecified atom stereocenters. The summed E-state index contributed by atoms with van der Waals surface area (Å²) < 4.78 is 11.6. The third-order valence-corrected chi connectivity index (χ3v) is 4.41. The molecule has 0 saturated heterocycles. The van der Waals surface area contributed by atoms with Gasteiger partial charge in [0, 0.05) is 23.7 Å². The largest absolute Gasteiger partial charge is 0.492 e. The summed E-state index contributed by atoms with van der Waals surface area (Å²) in [7, 11) is 0. The van der Waals surface area contributed by atoms with Crippen LogP contribution in [0.1, 0.15) is 13.8 Å². The van der Waals surface area contributed by atoms with Gasteiger partial charge in [-0.2, -0.15) is 0 Å². The minimum absolute atomic E-state index is 0.0578. The van der Waals surface area contributed by atoms with E-state index in [4.69, 9.17) is 20.8 Å². The quantitative estimate of drug-likeness (QED) is 0.624.